The molecule has 0 amide bonds. The zero-order valence-electron chi connectivity index (χ0n) is 10.2. The molecule has 86 valence electrons. The first-order valence-corrected chi connectivity index (χ1v) is 6.24. The molecule has 1 aromatic carbocycles. The molecule has 2 atom stereocenters. The van der Waals surface area contributed by atoms with Gasteiger partial charge in [-0.1, -0.05) is 18.2 Å². The predicted molar refractivity (Wildman–Crippen MR) is 68.1 cm³/mol. The SMILES string of the molecule is CN1C[C@@H]2CCN(C)c3ccccc3[C@H]2C1. The number of nitrogens with zero attached hydrogens (tertiary/aromatic N) is 2. The molecule has 0 aromatic heterocycles. The van der Waals surface area contributed by atoms with Gasteiger partial charge in [0, 0.05) is 38.3 Å². The van der Waals surface area contributed by atoms with E-state index in [1.165, 1.54) is 31.7 Å². The van der Waals surface area contributed by atoms with Crippen molar-refractivity contribution in [2.45, 2.75) is 12.3 Å². The summed E-state index contributed by atoms with van der Waals surface area (Å²) in [7, 11) is 4.48. The second kappa shape index (κ2) is 3.77. The minimum absolute atomic E-state index is 0.756. The number of benzene rings is 1. The van der Waals surface area contributed by atoms with Gasteiger partial charge < -0.3 is 9.80 Å². The number of likely N-dealkylation sites (tertiary alicyclic amines) is 1. The first-order valence-electron chi connectivity index (χ1n) is 6.24. The van der Waals surface area contributed by atoms with Gasteiger partial charge in [-0.05, 0) is 31.0 Å². The molecule has 1 aromatic rings. The van der Waals surface area contributed by atoms with E-state index in [1.54, 1.807) is 5.56 Å². The van der Waals surface area contributed by atoms with Crippen LogP contribution in [-0.4, -0.2) is 38.6 Å². The molecule has 0 bridgehead atoms. The lowest BCUT2D eigenvalue weighted by molar-refractivity contribution is 0.389. The maximum atomic E-state index is 2.48. The molecule has 0 spiro atoms. The van der Waals surface area contributed by atoms with Crippen LogP contribution in [0.1, 0.15) is 17.9 Å². The minimum atomic E-state index is 0.756. The van der Waals surface area contributed by atoms with Gasteiger partial charge in [-0.15, -0.1) is 0 Å². The van der Waals surface area contributed by atoms with Crippen molar-refractivity contribution < 1.29 is 0 Å². The molecule has 1 saturated heterocycles. The Kier molecular flexibility index (Phi) is 2.40. The molecule has 2 heteroatoms. The van der Waals surface area contributed by atoms with E-state index in [0.29, 0.717) is 0 Å². The number of hydrogen-bond acceptors (Lipinski definition) is 2. The molecule has 1 fully saturated rings. The number of hydrogen-bond donors (Lipinski definition) is 0. The van der Waals surface area contributed by atoms with E-state index in [1.807, 2.05) is 0 Å². The van der Waals surface area contributed by atoms with Crippen LogP contribution in [0.5, 0.6) is 0 Å². The molecule has 2 aliphatic heterocycles. The maximum absolute atomic E-state index is 2.48. The van der Waals surface area contributed by atoms with Crippen LogP contribution >= 0.6 is 0 Å². The third-order valence-electron chi connectivity index (χ3n) is 4.21. The monoisotopic (exact) mass is 216 g/mol. The topological polar surface area (TPSA) is 6.48 Å². The maximum Gasteiger partial charge on any atom is 0.0399 e. The summed E-state index contributed by atoms with van der Waals surface area (Å²) in [5.41, 5.74) is 3.02. The Labute approximate surface area is 97.9 Å². The fraction of sp³-hybridized carbons (Fsp3) is 0.571. The molecule has 0 aliphatic carbocycles. The van der Waals surface area contributed by atoms with E-state index >= 15 is 0 Å². The fourth-order valence-corrected chi connectivity index (χ4v) is 3.36. The van der Waals surface area contributed by atoms with Gasteiger partial charge in [0.05, 0.1) is 0 Å². The normalized spacial score (nSPS) is 29.8. The summed E-state index contributed by atoms with van der Waals surface area (Å²) < 4.78 is 0. The second-order valence-electron chi connectivity index (χ2n) is 5.36. The molecule has 0 saturated carbocycles. The van der Waals surface area contributed by atoms with Crippen LogP contribution in [0.4, 0.5) is 5.69 Å². The van der Waals surface area contributed by atoms with Crippen LogP contribution in [0, 0.1) is 5.92 Å². The minimum Gasteiger partial charge on any atom is -0.374 e. The number of fused-ring (bicyclic) bond motifs is 3. The molecule has 0 N–H and O–H groups in total. The van der Waals surface area contributed by atoms with Crippen molar-refractivity contribution in [2.24, 2.45) is 5.92 Å². The van der Waals surface area contributed by atoms with E-state index in [9.17, 15) is 0 Å². The van der Waals surface area contributed by atoms with Crippen molar-refractivity contribution in [3.05, 3.63) is 29.8 Å². The van der Waals surface area contributed by atoms with Gasteiger partial charge in [-0.2, -0.15) is 0 Å². The Balaban J connectivity index is 2.04. The van der Waals surface area contributed by atoms with Crippen molar-refractivity contribution in [3.8, 4) is 0 Å². The Hall–Kier alpha value is -1.02. The average molecular weight is 216 g/mol. The summed E-state index contributed by atoms with van der Waals surface area (Å²) in [5.74, 6) is 1.61. The van der Waals surface area contributed by atoms with Crippen LogP contribution in [0.2, 0.25) is 0 Å². The smallest absolute Gasteiger partial charge is 0.0399 e. The fourth-order valence-electron chi connectivity index (χ4n) is 3.36. The summed E-state index contributed by atoms with van der Waals surface area (Å²) in [5, 5.41) is 0. The van der Waals surface area contributed by atoms with Gasteiger partial charge in [0.2, 0.25) is 0 Å². The highest BCUT2D eigenvalue weighted by atomic mass is 15.1. The number of likely N-dealkylation sites (N-methyl/N-ethyl adjacent to an activating group) is 1. The molecule has 0 radical (unpaired) electrons. The van der Waals surface area contributed by atoms with Gasteiger partial charge in [0.15, 0.2) is 0 Å². The predicted octanol–water partition coefficient (Wildman–Crippen LogP) is 2.17. The largest absolute Gasteiger partial charge is 0.374 e. The lowest BCUT2D eigenvalue weighted by Crippen LogP contribution is -2.21. The third-order valence-corrected chi connectivity index (χ3v) is 4.21. The molecule has 2 heterocycles. The first kappa shape index (κ1) is 10.2. The molecule has 2 nitrogen and oxygen atoms in total. The Morgan fingerprint density at radius 2 is 1.94 bits per heavy atom. The van der Waals surface area contributed by atoms with Gasteiger partial charge >= 0.3 is 0 Å². The number of rotatable bonds is 0. The van der Waals surface area contributed by atoms with Crippen LogP contribution in [0.25, 0.3) is 0 Å². The van der Waals surface area contributed by atoms with Gasteiger partial charge in [0.25, 0.3) is 0 Å². The zero-order valence-corrected chi connectivity index (χ0v) is 10.2. The van der Waals surface area contributed by atoms with Crippen molar-refractivity contribution >= 4 is 5.69 Å². The van der Waals surface area contributed by atoms with Crippen LogP contribution in [0.3, 0.4) is 0 Å². The highest BCUT2D eigenvalue weighted by Gasteiger charge is 2.35. The highest BCUT2D eigenvalue weighted by molar-refractivity contribution is 5.56. The van der Waals surface area contributed by atoms with Gasteiger partial charge in [-0.25, -0.2) is 0 Å². The molecule has 2 aliphatic rings. The van der Waals surface area contributed by atoms with E-state index in [4.69, 9.17) is 0 Å². The van der Waals surface area contributed by atoms with Crippen LogP contribution in [0.15, 0.2) is 24.3 Å². The summed E-state index contributed by atoms with van der Waals surface area (Å²) in [4.78, 5) is 4.91. The van der Waals surface area contributed by atoms with Crippen molar-refractivity contribution in [1.29, 1.82) is 0 Å². The van der Waals surface area contributed by atoms with Crippen molar-refractivity contribution in [1.82, 2.24) is 4.90 Å². The number of para-hydroxylation sites is 1. The van der Waals surface area contributed by atoms with E-state index < -0.39 is 0 Å². The van der Waals surface area contributed by atoms with E-state index in [2.05, 4.69) is 48.2 Å². The van der Waals surface area contributed by atoms with Crippen molar-refractivity contribution in [2.75, 3.05) is 38.6 Å². The lowest BCUT2D eigenvalue weighted by atomic mass is 9.87. The molecule has 16 heavy (non-hydrogen) atoms. The summed E-state index contributed by atoms with van der Waals surface area (Å²) in [6.07, 6.45) is 1.33. The summed E-state index contributed by atoms with van der Waals surface area (Å²) in [6, 6.07) is 8.95. The van der Waals surface area contributed by atoms with Crippen molar-refractivity contribution in [3.63, 3.8) is 0 Å². The molecule has 3 rings (SSSR count). The third kappa shape index (κ3) is 1.52. The standard InChI is InChI=1S/C14H20N2/c1-15-9-11-7-8-16(2)14-6-4-3-5-12(14)13(11)10-15/h3-6,11,13H,7-10H2,1-2H3/t11-,13-/m0/s1. The Morgan fingerprint density at radius 3 is 2.81 bits per heavy atom. The quantitative estimate of drug-likeness (QED) is 0.656. The van der Waals surface area contributed by atoms with E-state index in [-0.39, 0.29) is 0 Å². The average Bonchev–Trinajstić information content (AvgIpc) is 2.62. The summed E-state index contributed by atoms with van der Waals surface area (Å²) in [6.45, 7) is 3.70. The van der Waals surface area contributed by atoms with E-state index in [0.717, 1.165) is 11.8 Å². The zero-order chi connectivity index (χ0) is 11.1. The summed E-state index contributed by atoms with van der Waals surface area (Å²) >= 11 is 0. The van der Waals surface area contributed by atoms with Gasteiger partial charge in [0.1, 0.15) is 0 Å². The Morgan fingerprint density at radius 1 is 1.12 bits per heavy atom. The Bertz CT molecular complexity index is 388. The molecular weight excluding hydrogens is 196 g/mol. The second-order valence-corrected chi connectivity index (χ2v) is 5.36. The first-order chi connectivity index (χ1) is 7.75. The highest BCUT2D eigenvalue weighted by Crippen LogP contribution is 2.41. The van der Waals surface area contributed by atoms with Crippen LogP contribution < -0.4 is 4.90 Å². The lowest BCUT2D eigenvalue weighted by Gasteiger charge is -2.21. The van der Waals surface area contributed by atoms with Gasteiger partial charge in [-0.3, -0.25) is 0 Å². The molecule has 0 unspecified atom stereocenters. The van der Waals surface area contributed by atoms with Crippen LogP contribution in [-0.2, 0) is 0 Å². The number of anilines is 1. The molecular formula is C14H20N2.